The summed E-state index contributed by atoms with van der Waals surface area (Å²) in [5.41, 5.74) is 2.26. The van der Waals surface area contributed by atoms with Crippen molar-refractivity contribution in [3.63, 3.8) is 0 Å². The third-order valence-corrected chi connectivity index (χ3v) is 3.79. The number of hydrogen-bond donors (Lipinski definition) is 1. The van der Waals surface area contributed by atoms with Crippen LogP contribution in [0.15, 0.2) is 42.7 Å². The number of nitrogens with one attached hydrogen (secondary N) is 1. The Hall–Kier alpha value is -2.76. The summed E-state index contributed by atoms with van der Waals surface area (Å²) in [5.74, 6) is 1.37. The predicted octanol–water partition coefficient (Wildman–Crippen LogP) is 2.66. The molecule has 0 unspecified atom stereocenters. The van der Waals surface area contributed by atoms with Gasteiger partial charge in [-0.3, -0.25) is 4.98 Å². The van der Waals surface area contributed by atoms with Gasteiger partial charge < -0.3 is 19.7 Å². The summed E-state index contributed by atoms with van der Waals surface area (Å²) < 4.78 is 11.0. The zero-order valence-corrected chi connectivity index (χ0v) is 15.0. The lowest BCUT2D eigenvalue weighted by Gasteiger charge is -2.18. The van der Waals surface area contributed by atoms with E-state index in [0.717, 1.165) is 17.5 Å². The second-order valence-corrected chi connectivity index (χ2v) is 5.76. The van der Waals surface area contributed by atoms with Crippen LogP contribution in [0.25, 0.3) is 0 Å². The molecular weight excluding hydrogens is 318 g/mol. The number of amides is 2. The molecule has 0 spiro atoms. The van der Waals surface area contributed by atoms with Crippen LogP contribution in [-0.4, -0.2) is 49.8 Å². The van der Waals surface area contributed by atoms with Crippen molar-refractivity contribution >= 4 is 6.03 Å². The number of rotatable bonds is 8. The second kappa shape index (κ2) is 9.52. The number of pyridine rings is 1. The molecule has 2 rings (SSSR count). The van der Waals surface area contributed by atoms with Crippen molar-refractivity contribution in [1.29, 1.82) is 0 Å². The molecule has 0 atom stereocenters. The Balaban J connectivity index is 1.69. The van der Waals surface area contributed by atoms with Gasteiger partial charge >= 0.3 is 6.03 Å². The monoisotopic (exact) mass is 343 g/mol. The molecule has 0 fully saturated rings. The van der Waals surface area contributed by atoms with Crippen molar-refractivity contribution in [2.24, 2.45) is 0 Å². The second-order valence-electron chi connectivity index (χ2n) is 5.76. The Labute approximate surface area is 148 Å². The van der Waals surface area contributed by atoms with E-state index in [1.54, 1.807) is 31.5 Å². The minimum absolute atomic E-state index is 0.117. The van der Waals surface area contributed by atoms with Crippen LogP contribution in [0, 0.1) is 6.92 Å². The fourth-order valence-corrected chi connectivity index (χ4v) is 2.30. The SMILES string of the molecule is COc1cc(C)ccc1OCCNC(=O)N(C)CCc1ccncc1. The minimum atomic E-state index is -0.117. The highest BCUT2D eigenvalue weighted by Crippen LogP contribution is 2.27. The first-order chi connectivity index (χ1) is 12.1. The van der Waals surface area contributed by atoms with Crippen LogP contribution in [0.4, 0.5) is 4.79 Å². The molecule has 1 aromatic carbocycles. The number of ether oxygens (including phenoxy) is 2. The maximum atomic E-state index is 12.1. The van der Waals surface area contributed by atoms with E-state index in [1.807, 2.05) is 37.3 Å². The Morgan fingerprint density at radius 2 is 1.96 bits per heavy atom. The molecule has 0 radical (unpaired) electrons. The van der Waals surface area contributed by atoms with E-state index in [0.29, 0.717) is 31.2 Å². The quantitative estimate of drug-likeness (QED) is 0.749. The van der Waals surface area contributed by atoms with E-state index in [4.69, 9.17) is 9.47 Å². The van der Waals surface area contributed by atoms with Gasteiger partial charge in [-0.15, -0.1) is 0 Å². The standard InChI is InChI=1S/C19H25N3O3/c1-15-4-5-17(18(14-15)24-3)25-13-11-21-19(23)22(2)12-8-16-6-9-20-10-7-16/h4-7,9-10,14H,8,11-13H2,1-3H3,(H,21,23). The van der Waals surface area contributed by atoms with Crippen LogP contribution in [0.2, 0.25) is 0 Å². The molecule has 0 saturated carbocycles. The smallest absolute Gasteiger partial charge is 0.317 e. The molecular formula is C19H25N3O3. The number of aryl methyl sites for hydroxylation is 1. The van der Waals surface area contributed by atoms with Gasteiger partial charge in [-0.2, -0.15) is 0 Å². The van der Waals surface area contributed by atoms with Gasteiger partial charge in [-0.25, -0.2) is 4.79 Å². The van der Waals surface area contributed by atoms with Crippen molar-refractivity contribution in [3.05, 3.63) is 53.9 Å². The van der Waals surface area contributed by atoms with E-state index >= 15 is 0 Å². The third-order valence-electron chi connectivity index (χ3n) is 3.79. The van der Waals surface area contributed by atoms with Crippen molar-refractivity contribution in [2.45, 2.75) is 13.3 Å². The minimum Gasteiger partial charge on any atom is -0.493 e. The maximum absolute atomic E-state index is 12.1. The highest BCUT2D eigenvalue weighted by molar-refractivity contribution is 5.73. The van der Waals surface area contributed by atoms with E-state index in [2.05, 4.69) is 10.3 Å². The average molecular weight is 343 g/mol. The highest BCUT2D eigenvalue weighted by Gasteiger charge is 2.08. The number of hydrogen-bond acceptors (Lipinski definition) is 4. The van der Waals surface area contributed by atoms with Crippen LogP contribution in [0.5, 0.6) is 11.5 Å². The van der Waals surface area contributed by atoms with Gasteiger partial charge in [0.15, 0.2) is 11.5 Å². The number of benzene rings is 1. The first-order valence-electron chi connectivity index (χ1n) is 8.25. The molecule has 1 heterocycles. The molecule has 6 heteroatoms. The average Bonchev–Trinajstić information content (AvgIpc) is 2.64. The van der Waals surface area contributed by atoms with Gasteiger partial charge in [0.2, 0.25) is 0 Å². The highest BCUT2D eigenvalue weighted by atomic mass is 16.5. The molecule has 2 aromatic rings. The maximum Gasteiger partial charge on any atom is 0.317 e. The predicted molar refractivity (Wildman–Crippen MR) is 97.2 cm³/mol. The van der Waals surface area contributed by atoms with Gasteiger partial charge in [0.1, 0.15) is 6.61 Å². The van der Waals surface area contributed by atoms with E-state index in [1.165, 1.54) is 0 Å². The lowest BCUT2D eigenvalue weighted by molar-refractivity contribution is 0.205. The molecule has 0 bridgehead atoms. The van der Waals surface area contributed by atoms with Crippen molar-refractivity contribution in [3.8, 4) is 11.5 Å². The Morgan fingerprint density at radius 3 is 2.68 bits per heavy atom. The summed E-state index contributed by atoms with van der Waals surface area (Å²) in [6, 6.07) is 9.54. The lowest BCUT2D eigenvalue weighted by Crippen LogP contribution is -2.40. The van der Waals surface area contributed by atoms with Gasteiger partial charge in [0.25, 0.3) is 0 Å². The lowest BCUT2D eigenvalue weighted by atomic mass is 10.2. The van der Waals surface area contributed by atoms with Crippen LogP contribution < -0.4 is 14.8 Å². The number of carbonyl (C=O) groups excluding carboxylic acids is 1. The summed E-state index contributed by atoms with van der Waals surface area (Å²) in [5, 5.41) is 2.85. The number of likely N-dealkylation sites (N-methyl/N-ethyl adjacent to an activating group) is 1. The number of aromatic nitrogens is 1. The fourth-order valence-electron chi connectivity index (χ4n) is 2.30. The normalized spacial score (nSPS) is 10.2. The van der Waals surface area contributed by atoms with Gasteiger partial charge in [0.05, 0.1) is 13.7 Å². The van der Waals surface area contributed by atoms with Gasteiger partial charge in [-0.05, 0) is 48.7 Å². The summed E-state index contributed by atoms with van der Waals surface area (Å²) in [4.78, 5) is 17.7. The van der Waals surface area contributed by atoms with Gasteiger partial charge in [-0.1, -0.05) is 6.07 Å². The summed E-state index contributed by atoms with van der Waals surface area (Å²) in [7, 11) is 3.39. The Kier molecular flexibility index (Phi) is 7.07. The number of carbonyl (C=O) groups is 1. The first kappa shape index (κ1) is 18.6. The van der Waals surface area contributed by atoms with Crippen LogP contribution in [0.3, 0.4) is 0 Å². The fraction of sp³-hybridized carbons (Fsp3) is 0.368. The zero-order chi connectivity index (χ0) is 18.1. The van der Waals surface area contributed by atoms with Crippen molar-refractivity contribution in [2.75, 3.05) is 33.9 Å². The van der Waals surface area contributed by atoms with E-state index in [9.17, 15) is 4.79 Å². The van der Waals surface area contributed by atoms with Crippen molar-refractivity contribution < 1.29 is 14.3 Å². The Morgan fingerprint density at radius 1 is 1.20 bits per heavy atom. The number of methoxy groups -OCH3 is 1. The van der Waals surface area contributed by atoms with Crippen molar-refractivity contribution in [1.82, 2.24) is 15.2 Å². The Bertz CT molecular complexity index is 677. The third kappa shape index (κ3) is 5.99. The van der Waals surface area contributed by atoms with Crippen LogP contribution in [0.1, 0.15) is 11.1 Å². The van der Waals surface area contributed by atoms with Crippen LogP contribution in [-0.2, 0) is 6.42 Å². The molecule has 25 heavy (non-hydrogen) atoms. The van der Waals surface area contributed by atoms with E-state index in [-0.39, 0.29) is 6.03 Å². The number of urea groups is 1. The van der Waals surface area contributed by atoms with Gasteiger partial charge in [0, 0.05) is 26.0 Å². The molecule has 134 valence electrons. The topological polar surface area (TPSA) is 63.7 Å². The molecule has 6 nitrogen and oxygen atoms in total. The molecule has 1 aromatic heterocycles. The van der Waals surface area contributed by atoms with Crippen LogP contribution >= 0.6 is 0 Å². The zero-order valence-electron chi connectivity index (χ0n) is 15.0. The molecule has 0 saturated heterocycles. The largest absolute Gasteiger partial charge is 0.493 e. The first-order valence-corrected chi connectivity index (χ1v) is 8.25. The molecule has 0 aliphatic rings. The summed E-state index contributed by atoms with van der Waals surface area (Å²) >= 11 is 0. The van der Waals surface area contributed by atoms with E-state index < -0.39 is 0 Å². The summed E-state index contributed by atoms with van der Waals surface area (Å²) in [6.07, 6.45) is 4.31. The summed E-state index contributed by atoms with van der Waals surface area (Å²) in [6.45, 7) is 3.44. The number of nitrogens with zero attached hydrogens (tertiary/aromatic N) is 2. The molecule has 0 aliphatic heterocycles. The molecule has 0 aliphatic carbocycles. The molecule has 1 N–H and O–H groups in total. The molecule has 2 amide bonds.